The van der Waals surface area contributed by atoms with Crippen LogP contribution in [0.25, 0.3) is 0 Å². The van der Waals surface area contributed by atoms with E-state index in [2.05, 4.69) is 0 Å². The predicted molar refractivity (Wildman–Crippen MR) is 109 cm³/mol. The van der Waals surface area contributed by atoms with Crippen LogP contribution >= 0.6 is 23.1 Å². The normalized spacial score (nSPS) is 19.0. The monoisotopic (exact) mass is 410 g/mol. The second-order valence-corrected chi connectivity index (χ2v) is 10.1. The molecular weight excluding hydrogens is 384 g/mol. The number of thiophene rings is 1. The van der Waals surface area contributed by atoms with Gasteiger partial charge in [0.1, 0.15) is 11.5 Å². The van der Waals surface area contributed by atoms with Gasteiger partial charge in [-0.25, -0.2) is 0 Å². The molecule has 1 aromatic heterocycles. The van der Waals surface area contributed by atoms with Gasteiger partial charge in [0.25, 0.3) is 5.91 Å². The number of carbonyl (C=O) groups is 3. The highest BCUT2D eigenvalue weighted by Crippen LogP contribution is 2.41. The quantitative estimate of drug-likeness (QED) is 0.808. The third-order valence-corrected chi connectivity index (χ3v) is 8.10. The summed E-state index contributed by atoms with van der Waals surface area (Å²) >= 11 is 3.01. The molecule has 0 unspecified atom stereocenters. The average Bonchev–Trinajstić information content (AvgIpc) is 3.00. The molecule has 2 N–H and O–H groups in total. The van der Waals surface area contributed by atoms with E-state index in [1.807, 2.05) is 20.1 Å². The topological polar surface area (TPSA) is 87.0 Å². The Morgan fingerprint density at radius 1 is 1.26 bits per heavy atom. The molecule has 148 valence electrons. The molecule has 1 aromatic rings. The highest BCUT2D eigenvalue weighted by molar-refractivity contribution is 8.00. The fourth-order valence-corrected chi connectivity index (χ4v) is 5.03. The first kappa shape index (κ1) is 20.2. The number of anilines is 1. The lowest BCUT2D eigenvalue weighted by atomic mass is 9.98. The molecule has 0 saturated heterocycles. The summed E-state index contributed by atoms with van der Waals surface area (Å²) in [6.45, 7) is 4.98. The Morgan fingerprint density at radius 3 is 2.56 bits per heavy atom. The molecule has 1 atom stereocenters. The van der Waals surface area contributed by atoms with Crippen LogP contribution in [0.15, 0.2) is 0 Å². The molecule has 0 aromatic carbocycles. The second-order valence-electron chi connectivity index (χ2n) is 7.59. The van der Waals surface area contributed by atoms with Gasteiger partial charge in [-0.2, -0.15) is 11.8 Å². The number of nitrogens with zero attached hydrogens (tertiary/aromatic N) is 3. The molecule has 9 heteroatoms. The minimum Gasteiger partial charge on any atom is -0.336 e. The van der Waals surface area contributed by atoms with Crippen LogP contribution < -0.4 is 10.6 Å². The van der Waals surface area contributed by atoms with Crippen molar-refractivity contribution in [2.24, 2.45) is 5.73 Å². The Bertz CT molecular complexity index is 805. The maximum absolute atomic E-state index is 12.9. The Morgan fingerprint density at radius 2 is 1.93 bits per heavy atom. The lowest BCUT2D eigenvalue weighted by Gasteiger charge is -2.35. The van der Waals surface area contributed by atoms with Gasteiger partial charge in [0, 0.05) is 30.3 Å². The van der Waals surface area contributed by atoms with Crippen molar-refractivity contribution in [3.8, 4) is 0 Å². The first-order chi connectivity index (χ1) is 12.6. The number of thioether (sulfide) groups is 1. The van der Waals surface area contributed by atoms with Crippen LogP contribution in [0, 0.1) is 0 Å². The number of carbonyl (C=O) groups excluding carboxylic acids is 3. The lowest BCUT2D eigenvalue weighted by Crippen LogP contribution is -2.54. The molecule has 2 aliphatic heterocycles. The number of amides is 3. The van der Waals surface area contributed by atoms with E-state index in [4.69, 9.17) is 5.73 Å². The van der Waals surface area contributed by atoms with E-state index in [-0.39, 0.29) is 29.0 Å². The minimum atomic E-state index is -0.594. The zero-order chi connectivity index (χ0) is 20.1. The van der Waals surface area contributed by atoms with Gasteiger partial charge in [-0.3, -0.25) is 14.4 Å². The summed E-state index contributed by atoms with van der Waals surface area (Å²) in [6.07, 6.45) is 2.55. The number of likely N-dealkylation sites (N-methyl/N-ethyl adjacent to an activating group) is 2. The van der Waals surface area contributed by atoms with Crippen LogP contribution in [0.4, 0.5) is 5.00 Å². The Hall–Kier alpha value is -1.58. The van der Waals surface area contributed by atoms with Crippen molar-refractivity contribution in [3.63, 3.8) is 0 Å². The Balaban J connectivity index is 1.92. The molecular formula is C18H26N4O3S2. The first-order valence-electron chi connectivity index (χ1n) is 8.84. The summed E-state index contributed by atoms with van der Waals surface area (Å²) in [7, 11) is 3.35. The van der Waals surface area contributed by atoms with Crippen molar-refractivity contribution in [2.75, 3.05) is 38.3 Å². The number of rotatable bonds is 3. The molecule has 0 radical (unpaired) electrons. The molecule has 0 aliphatic carbocycles. The Kier molecular flexibility index (Phi) is 5.31. The molecule has 27 heavy (non-hydrogen) atoms. The summed E-state index contributed by atoms with van der Waals surface area (Å²) in [4.78, 5) is 43.8. The maximum Gasteiger partial charge on any atom is 0.257 e. The highest BCUT2D eigenvalue weighted by atomic mass is 32.2. The molecule has 0 bridgehead atoms. The second kappa shape index (κ2) is 7.10. The summed E-state index contributed by atoms with van der Waals surface area (Å²) in [5, 5.41) is 0.683. The maximum atomic E-state index is 12.9. The average molecular weight is 411 g/mol. The van der Waals surface area contributed by atoms with Gasteiger partial charge >= 0.3 is 0 Å². The standard InChI is InChI=1S/C18H26N4O3S2/c1-18(2,26-5)14(19)16(25)22-7-6-10-11(8-22)27-17-13(10)15(24)20(3)9-12(23)21(17)4/h14H,6-9,19H2,1-5H3/t14-/m1/s1. The van der Waals surface area contributed by atoms with Crippen molar-refractivity contribution >= 4 is 45.8 Å². The highest BCUT2D eigenvalue weighted by Gasteiger charge is 2.39. The Labute approximate surface area is 167 Å². The minimum absolute atomic E-state index is 0.0727. The van der Waals surface area contributed by atoms with Crippen molar-refractivity contribution in [3.05, 3.63) is 16.0 Å². The van der Waals surface area contributed by atoms with E-state index in [0.29, 0.717) is 30.1 Å². The van der Waals surface area contributed by atoms with Crippen LogP contribution in [-0.2, 0) is 22.6 Å². The van der Waals surface area contributed by atoms with E-state index in [1.165, 1.54) is 16.2 Å². The van der Waals surface area contributed by atoms with Gasteiger partial charge in [0.2, 0.25) is 11.8 Å². The van der Waals surface area contributed by atoms with Gasteiger partial charge < -0.3 is 20.4 Å². The van der Waals surface area contributed by atoms with Crippen LogP contribution in [-0.4, -0.2) is 71.8 Å². The third kappa shape index (κ3) is 3.36. The van der Waals surface area contributed by atoms with E-state index in [1.54, 1.807) is 35.7 Å². The number of fused-ring (bicyclic) bond motifs is 3. The fraction of sp³-hybridized carbons (Fsp3) is 0.611. The van der Waals surface area contributed by atoms with E-state index < -0.39 is 6.04 Å². The van der Waals surface area contributed by atoms with Crippen LogP contribution in [0.1, 0.15) is 34.6 Å². The molecule has 2 aliphatic rings. The fourth-order valence-electron chi connectivity index (χ4n) is 3.34. The SMILES string of the molecule is CSC(C)(C)[C@H](N)C(=O)N1CCc2c(sc3c2C(=O)N(C)CC(=O)N3C)C1. The zero-order valence-electron chi connectivity index (χ0n) is 16.4. The molecule has 3 rings (SSSR count). The van der Waals surface area contributed by atoms with Gasteiger partial charge in [0.05, 0.1) is 18.2 Å². The predicted octanol–water partition coefficient (Wildman–Crippen LogP) is 1.15. The number of hydrogen-bond donors (Lipinski definition) is 1. The molecule has 0 saturated carbocycles. The smallest absolute Gasteiger partial charge is 0.257 e. The third-order valence-electron chi connectivity index (χ3n) is 5.50. The zero-order valence-corrected chi connectivity index (χ0v) is 18.0. The van der Waals surface area contributed by atoms with Gasteiger partial charge in [0.15, 0.2) is 0 Å². The summed E-state index contributed by atoms with van der Waals surface area (Å²) in [6, 6.07) is -0.594. The van der Waals surface area contributed by atoms with Crippen LogP contribution in [0.5, 0.6) is 0 Å². The molecule has 3 heterocycles. The molecule has 3 amide bonds. The first-order valence-corrected chi connectivity index (χ1v) is 10.9. The lowest BCUT2D eigenvalue weighted by molar-refractivity contribution is -0.134. The van der Waals surface area contributed by atoms with Crippen molar-refractivity contribution in [2.45, 2.75) is 37.6 Å². The van der Waals surface area contributed by atoms with Gasteiger partial charge in [-0.15, -0.1) is 11.3 Å². The summed E-state index contributed by atoms with van der Waals surface area (Å²) < 4.78 is -0.352. The van der Waals surface area contributed by atoms with Crippen molar-refractivity contribution in [1.82, 2.24) is 9.80 Å². The summed E-state index contributed by atoms with van der Waals surface area (Å²) in [5.41, 5.74) is 7.82. The van der Waals surface area contributed by atoms with E-state index >= 15 is 0 Å². The van der Waals surface area contributed by atoms with Crippen LogP contribution in [0.3, 0.4) is 0 Å². The molecule has 7 nitrogen and oxygen atoms in total. The summed E-state index contributed by atoms with van der Waals surface area (Å²) in [5.74, 6) is -0.309. The van der Waals surface area contributed by atoms with Crippen molar-refractivity contribution < 1.29 is 14.4 Å². The van der Waals surface area contributed by atoms with E-state index in [0.717, 1.165) is 10.4 Å². The number of nitrogens with two attached hydrogens (primary N) is 1. The largest absolute Gasteiger partial charge is 0.336 e. The molecule has 0 fully saturated rings. The van der Waals surface area contributed by atoms with Crippen LogP contribution in [0.2, 0.25) is 0 Å². The van der Waals surface area contributed by atoms with E-state index in [9.17, 15) is 14.4 Å². The number of hydrogen-bond acceptors (Lipinski definition) is 6. The van der Waals surface area contributed by atoms with Gasteiger partial charge in [-0.05, 0) is 32.1 Å². The molecule has 0 spiro atoms. The van der Waals surface area contributed by atoms with Gasteiger partial charge in [-0.1, -0.05) is 0 Å². The van der Waals surface area contributed by atoms with Crippen molar-refractivity contribution in [1.29, 1.82) is 0 Å².